The van der Waals surface area contributed by atoms with Gasteiger partial charge in [-0.2, -0.15) is 0 Å². The number of nitrogens with one attached hydrogen (secondary N) is 2. The van der Waals surface area contributed by atoms with Gasteiger partial charge >= 0.3 is 0 Å². The third-order valence-electron chi connectivity index (χ3n) is 3.80. The first kappa shape index (κ1) is 15.1. The van der Waals surface area contributed by atoms with Gasteiger partial charge in [-0.3, -0.25) is 4.79 Å². The molecule has 0 atom stereocenters. The molecule has 1 aromatic heterocycles. The lowest BCUT2D eigenvalue weighted by Crippen LogP contribution is -1.99. The summed E-state index contributed by atoms with van der Waals surface area (Å²) in [6, 6.07) is 16.7. The molecule has 23 heavy (non-hydrogen) atoms. The number of hydrogen-bond donors (Lipinski definition) is 2. The summed E-state index contributed by atoms with van der Waals surface area (Å²) in [6.07, 6.45) is 1.61. The molecule has 2 aromatic carbocycles. The van der Waals surface area contributed by atoms with Gasteiger partial charge in [-0.1, -0.05) is 30.3 Å². The number of fused-ring (bicyclic) bond motifs is 1. The summed E-state index contributed by atoms with van der Waals surface area (Å²) in [4.78, 5) is 14.6. The number of ketones is 1. The van der Waals surface area contributed by atoms with Crippen LogP contribution in [0.4, 0.5) is 5.69 Å². The Kier molecular flexibility index (Phi) is 4.02. The highest BCUT2D eigenvalue weighted by Gasteiger charge is 2.07. The minimum Gasteiger partial charge on any atom is -0.359 e. The molecule has 0 aliphatic rings. The van der Waals surface area contributed by atoms with Crippen LogP contribution in [-0.2, 0) is 4.79 Å². The highest BCUT2D eigenvalue weighted by Crippen LogP contribution is 2.29. The Bertz CT molecular complexity index is 889. The lowest BCUT2D eigenvalue weighted by molar-refractivity contribution is -0.112. The molecule has 3 nitrogen and oxygen atoms in total. The Morgan fingerprint density at radius 3 is 2.52 bits per heavy atom. The second-order valence-corrected chi connectivity index (χ2v) is 5.87. The van der Waals surface area contributed by atoms with Crippen molar-refractivity contribution in [1.82, 2.24) is 4.98 Å². The Hall–Kier alpha value is -2.81. The van der Waals surface area contributed by atoms with Crippen LogP contribution >= 0.6 is 0 Å². The largest absolute Gasteiger partial charge is 0.359 e. The maximum atomic E-state index is 11.2. The zero-order chi connectivity index (χ0) is 16.4. The molecule has 0 fully saturated rings. The molecule has 0 saturated carbocycles. The van der Waals surface area contributed by atoms with Gasteiger partial charge in [-0.25, -0.2) is 0 Å². The summed E-state index contributed by atoms with van der Waals surface area (Å²) in [7, 11) is 0. The molecule has 0 unspecified atom stereocenters. The monoisotopic (exact) mass is 304 g/mol. The molecule has 0 radical (unpaired) electrons. The molecule has 3 heteroatoms. The fraction of sp³-hybridized carbons (Fsp3) is 0.150. The number of anilines is 1. The van der Waals surface area contributed by atoms with Gasteiger partial charge < -0.3 is 10.3 Å². The molecule has 0 aliphatic carbocycles. The van der Waals surface area contributed by atoms with Crippen LogP contribution in [0.5, 0.6) is 0 Å². The van der Waals surface area contributed by atoms with Crippen molar-refractivity contribution in [2.45, 2.75) is 20.8 Å². The van der Waals surface area contributed by atoms with E-state index in [4.69, 9.17) is 0 Å². The molecule has 0 bridgehead atoms. The van der Waals surface area contributed by atoms with Crippen molar-refractivity contribution in [3.8, 4) is 11.3 Å². The zero-order valence-corrected chi connectivity index (χ0v) is 13.6. The SMILES string of the molecule is CC(=O)C=C(C)Nc1cc2cc(-c3ccccc3)[nH]c2cc1C. The quantitative estimate of drug-likeness (QED) is 0.663. The van der Waals surface area contributed by atoms with E-state index in [1.54, 1.807) is 13.0 Å². The summed E-state index contributed by atoms with van der Waals surface area (Å²) in [5.74, 6) is 0.0433. The number of H-pyrrole nitrogens is 1. The van der Waals surface area contributed by atoms with Crippen molar-refractivity contribution >= 4 is 22.4 Å². The number of aryl methyl sites for hydroxylation is 1. The first-order valence-corrected chi connectivity index (χ1v) is 7.67. The second kappa shape index (κ2) is 6.13. The van der Waals surface area contributed by atoms with Gasteiger partial charge in [0, 0.05) is 28.0 Å². The summed E-state index contributed by atoms with van der Waals surface area (Å²) in [5.41, 5.74) is 6.39. The number of rotatable bonds is 4. The van der Waals surface area contributed by atoms with Gasteiger partial charge in [0.1, 0.15) is 0 Å². The molecule has 0 saturated heterocycles. The Morgan fingerprint density at radius 2 is 1.83 bits per heavy atom. The van der Waals surface area contributed by atoms with Crippen molar-refractivity contribution in [1.29, 1.82) is 0 Å². The summed E-state index contributed by atoms with van der Waals surface area (Å²) in [5, 5.41) is 4.45. The van der Waals surface area contributed by atoms with Crippen LogP contribution in [0.3, 0.4) is 0 Å². The number of carbonyl (C=O) groups excluding carboxylic acids is 1. The predicted octanol–water partition coefficient (Wildman–Crippen LogP) is 5.05. The highest BCUT2D eigenvalue weighted by atomic mass is 16.1. The van der Waals surface area contributed by atoms with Gasteiger partial charge in [-0.05, 0) is 56.2 Å². The van der Waals surface area contributed by atoms with E-state index in [0.29, 0.717) is 0 Å². The third-order valence-corrected chi connectivity index (χ3v) is 3.80. The summed E-state index contributed by atoms with van der Waals surface area (Å²) in [6.45, 7) is 5.52. The van der Waals surface area contributed by atoms with Crippen molar-refractivity contribution in [3.63, 3.8) is 0 Å². The van der Waals surface area contributed by atoms with Gasteiger partial charge in [0.2, 0.25) is 0 Å². The van der Waals surface area contributed by atoms with Crippen molar-refractivity contribution in [2.24, 2.45) is 0 Å². The van der Waals surface area contributed by atoms with Gasteiger partial charge in [0.15, 0.2) is 5.78 Å². The minimum absolute atomic E-state index is 0.0433. The fourth-order valence-electron chi connectivity index (χ4n) is 2.75. The molecule has 0 aliphatic heterocycles. The standard InChI is InChI=1S/C20H20N2O/c1-13-9-19-17(11-18(13)21-14(2)10-15(3)23)12-20(22-19)16-7-5-4-6-8-16/h4-12,21-22H,1-3H3. The van der Waals surface area contributed by atoms with Crippen molar-refractivity contribution in [3.05, 3.63) is 65.9 Å². The topological polar surface area (TPSA) is 44.9 Å². The Morgan fingerprint density at radius 1 is 1.09 bits per heavy atom. The number of aromatic nitrogens is 1. The first-order chi connectivity index (χ1) is 11.0. The fourth-order valence-corrected chi connectivity index (χ4v) is 2.75. The average molecular weight is 304 g/mol. The van der Waals surface area contributed by atoms with Gasteiger partial charge in [0.05, 0.1) is 0 Å². The average Bonchev–Trinajstić information content (AvgIpc) is 2.90. The summed E-state index contributed by atoms with van der Waals surface area (Å²) < 4.78 is 0. The maximum Gasteiger partial charge on any atom is 0.154 e. The molecule has 3 rings (SSSR count). The van der Waals surface area contributed by atoms with Crippen LogP contribution in [0, 0.1) is 6.92 Å². The highest BCUT2D eigenvalue weighted by molar-refractivity contribution is 5.91. The van der Waals surface area contributed by atoms with E-state index in [-0.39, 0.29) is 5.78 Å². The molecule has 1 heterocycles. The predicted molar refractivity (Wildman–Crippen MR) is 96.5 cm³/mol. The van der Waals surface area contributed by atoms with Crippen LogP contribution < -0.4 is 5.32 Å². The van der Waals surface area contributed by atoms with E-state index in [0.717, 1.165) is 33.5 Å². The number of benzene rings is 2. The first-order valence-electron chi connectivity index (χ1n) is 7.67. The van der Waals surface area contributed by atoms with E-state index < -0.39 is 0 Å². The molecule has 116 valence electrons. The molecular weight excluding hydrogens is 284 g/mol. The second-order valence-electron chi connectivity index (χ2n) is 5.87. The van der Waals surface area contributed by atoms with Crippen molar-refractivity contribution in [2.75, 3.05) is 5.32 Å². The van der Waals surface area contributed by atoms with E-state index in [1.165, 1.54) is 5.56 Å². The number of hydrogen-bond acceptors (Lipinski definition) is 2. The van der Waals surface area contributed by atoms with Crippen LogP contribution in [0.15, 0.2) is 60.3 Å². The van der Waals surface area contributed by atoms with Crippen LogP contribution in [0.2, 0.25) is 0 Å². The number of carbonyl (C=O) groups is 1. The third kappa shape index (κ3) is 3.34. The maximum absolute atomic E-state index is 11.2. The van der Waals surface area contributed by atoms with Crippen LogP contribution in [-0.4, -0.2) is 10.8 Å². The lowest BCUT2D eigenvalue weighted by Gasteiger charge is -2.10. The van der Waals surface area contributed by atoms with E-state index >= 15 is 0 Å². The molecule has 0 spiro atoms. The van der Waals surface area contributed by atoms with Crippen LogP contribution in [0.25, 0.3) is 22.2 Å². The Balaban J connectivity index is 1.99. The number of allylic oxidation sites excluding steroid dienone is 2. The van der Waals surface area contributed by atoms with Gasteiger partial charge in [-0.15, -0.1) is 0 Å². The molecule has 2 N–H and O–H groups in total. The van der Waals surface area contributed by atoms with E-state index in [2.05, 4.69) is 47.6 Å². The van der Waals surface area contributed by atoms with E-state index in [9.17, 15) is 4.79 Å². The zero-order valence-electron chi connectivity index (χ0n) is 13.6. The smallest absolute Gasteiger partial charge is 0.154 e. The van der Waals surface area contributed by atoms with Crippen molar-refractivity contribution < 1.29 is 4.79 Å². The Labute approximate surface area is 136 Å². The minimum atomic E-state index is 0.0433. The normalized spacial score (nSPS) is 11.7. The van der Waals surface area contributed by atoms with Crippen LogP contribution in [0.1, 0.15) is 19.4 Å². The molecule has 3 aromatic rings. The molecular formula is C20H20N2O. The lowest BCUT2D eigenvalue weighted by atomic mass is 10.1. The number of aromatic amines is 1. The van der Waals surface area contributed by atoms with E-state index in [1.807, 2.05) is 25.1 Å². The molecule has 0 amide bonds. The van der Waals surface area contributed by atoms with Gasteiger partial charge in [0.25, 0.3) is 0 Å². The summed E-state index contributed by atoms with van der Waals surface area (Å²) >= 11 is 0.